The van der Waals surface area contributed by atoms with Crippen molar-refractivity contribution in [3.05, 3.63) is 101 Å². The maximum absolute atomic E-state index is 13.1. The molecule has 0 radical (unpaired) electrons. The average molecular weight is 464 g/mol. The van der Waals surface area contributed by atoms with E-state index in [0.29, 0.717) is 27.6 Å². The van der Waals surface area contributed by atoms with E-state index in [2.05, 4.69) is 23.3 Å². The number of nitriles is 1. The number of rotatable bonds is 8. The van der Waals surface area contributed by atoms with E-state index in [1.165, 1.54) is 30.3 Å². The van der Waals surface area contributed by atoms with Gasteiger partial charge in [-0.1, -0.05) is 54.7 Å². The number of carbonyl (C=O) groups is 2. The first-order valence-corrected chi connectivity index (χ1v) is 11.1. The summed E-state index contributed by atoms with van der Waals surface area (Å²) in [5.74, 6) is -1.88. The van der Waals surface area contributed by atoms with Crippen molar-refractivity contribution >= 4 is 29.3 Å². The lowest BCUT2D eigenvalue weighted by molar-refractivity contribution is -0.138. The highest BCUT2D eigenvalue weighted by atomic mass is 32.2. The van der Waals surface area contributed by atoms with Crippen molar-refractivity contribution in [2.24, 2.45) is 0 Å². The molecule has 2 aromatic carbocycles. The van der Waals surface area contributed by atoms with Gasteiger partial charge in [0.15, 0.2) is 0 Å². The van der Waals surface area contributed by atoms with Gasteiger partial charge in [-0.2, -0.15) is 5.26 Å². The van der Waals surface area contributed by atoms with Crippen LogP contribution in [0.25, 0.3) is 0 Å². The highest BCUT2D eigenvalue weighted by Gasteiger charge is 2.35. The van der Waals surface area contributed by atoms with Crippen LogP contribution in [-0.4, -0.2) is 24.2 Å². The van der Waals surface area contributed by atoms with Gasteiger partial charge < -0.3 is 15.4 Å². The molecule has 0 aromatic heterocycles. The largest absolute Gasteiger partial charge is 0.458 e. The SMILES string of the molecule is C=CCOC(=O)C1=C(C)NC(SCC(=O)Nc2ccc(F)cc2)=C(C#N)[C@@H]1c1ccccc1. The van der Waals surface area contributed by atoms with Crippen molar-refractivity contribution in [3.63, 3.8) is 0 Å². The van der Waals surface area contributed by atoms with E-state index in [1.54, 1.807) is 6.92 Å². The highest BCUT2D eigenvalue weighted by molar-refractivity contribution is 8.03. The fraction of sp³-hybridized carbons (Fsp3) is 0.160. The Morgan fingerprint density at radius 3 is 2.58 bits per heavy atom. The van der Waals surface area contributed by atoms with Gasteiger partial charge in [0.1, 0.15) is 12.4 Å². The Balaban J connectivity index is 1.86. The summed E-state index contributed by atoms with van der Waals surface area (Å²) in [4.78, 5) is 25.2. The molecule has 2 aromatic rings. The zero-order valence-electron chi connectivity index (χ0n) is 17.9. The molecule has 3 rings (SSSR count). The van der Waals surface area contributed by atoms with Crippen LogP contribution in [0.1, 0.15) is 18.4 Å². The van der Waals surface area contributed by atoms with Gasteiger partial charge >= 0.3 is 5.97 Å². The predicted octanol–water partition coefficient (Wildman–Crippen LogP) is 4.62. The van der Waals surface area contributed by atoms with Gasteiger partial charge in [0, 0.05) is 11.4 Å². The Labute approximate surface area is 195 Å². The molecular formula is C25H22FN3O3S. The number of nitrogens with one attached hydrogen (secondary N) is 2. The first kappa shape index (κ1) is 23.8. The van der Waals surface area contributed by atoms with Crippen LogP contribution in [-0.2, 0) is 14.3 Å². The van der Waals surface area contributed by atoms with Crippen molar-refractivity contribution in [1.29, 1.82) is 5.26 Å². The first-order valence-electron chi connectivity index (χ1n) is 10.1. The molecule has 2 N–H and O–H groups in total. The molecule has 1 atom stereocenters. The summed E-state index contributed by atoms with van der Waals surface area (Å²) >= 11 is 1.15. The van der Waals surface area contributed by atoms with E-state index in [0.717, 1.165) is 17.3 Å². The minimum atomic E-state index is -0.641. The molecule has 33 heavy (non-hydrogen) atoms. The van der Waals surface area contributed by atoms with Crippen LogP contribution in [0.5, 0.6) is 0 Å². The zero-order valence-corrected chi connectivity index (χ0v) is 18.7. The highest BCUT2D eigenvalue weighted by Crippen LogP contribution is 2.40. The van der Waals surface area contributed by atoms with E-state index < -0.39 is 17.7 Å². The zero-order chi connectivity index (χ0) is 23.8. The number of esters is 1. The Morgan fingerprint density at radius 2 is 1.94 bits per heavy atom. The van der Waals surface area contributed by atoms with E-state index >= 15 is 0 Å². The monoisotopic (exact) mass is 463 g/mol. The Hall–Kier alpha value is -3.83. The lowest BCUT2D eigenvalue weighted by atomic mass is 9.82. The van der Waals surface area contributed by atoms with Crippen molar-refractivity contribution in [2.75, 3.05) is 17.7 Å². The third kappa shape index (κ3) is 5.90. The third-order valence-electron chi connectivity index (χ3n) is 4.81. The summed E-state index contributed by atoms with van der Waals surface area (Å²) < 4.78 is 18.3. The maximum Gasteiger partial charge on any atom is 0.337 e. The van der Waals surface area contributed by atoms with E-state index in [1.807, 2.05) is 30.3 Å². The maximum atomic E-state index is 13.1. The summed E-state index contributed by atoms with van der Waals surface area (Å²) in [7, 11) is 0. The first-order chi connectivity index (χ1) is 15.9. The van der Waals surface area contributed by atoms with Gasteiger partial charge in [-0.3, -0.25) is 4.79 Å². The number of nitrogens with zero attached hydrogens (tertiary/aromatic N) is 1. The molecule has 1 aliphatic heterocycles. The summed E-state index contributed by atoms with van der Waals surface area (Å²) in [6.07, 6.45) is 1.48. The number of allylic oxidation sites excluding steroid dienone is 2. The lowest BCUT2D eigenvalue weighted by Gasteiger charge is -2.29. The van der Waals surface area contributed by atoms with Crippen LogP contribution in [0.4, 0.5) is 10.1 Å². The molecule has 0 unspecified atom stereocenters. The normalized spacial score (nSPS) is 15.4. The second-order valence-electron chi connectivity index (χ2n) is 7.09. The smallest absolute Gasteiger partial charge is 0.337 e. The second-order valence-corrected chi connectivity index (χ2v) is 8.08. The number of ether oxygens (including phenoxy) is 1. The van der Waals surface area contributed by atoms with Gasteiger partial charge in [0.05, 0.1) is 33.9 Å². The van der Waals surface area contributed by atoms with Crippen LogP contribution >= 0.6 is 11.8 Å². The molecular weight excluding hydrogens is 441 g/mol. The van der Waals surface area contributed by atoms with Crippen molar-refractivity contribution in [1.82, 2.24) is 5.32 Å². The standard InChI is InChI=1S/C25H22FN3O3S/c1-3-13-32-25(31)22-16(2)28-24(20(14-27)23(22)17-7-5-4-6-8-17)33-15-21(30)29-19-11-9-18(26)10-12-19/h3-12,23,28H,1,13,15H2,2H3,(H,29,30)/t23-/m0/s1. The summed E-state index contributed by atoms with van der Waals surface area (Å²) in [5.41, 5.74) is 2.42. The van der Waals surface area contributed by atoms with Gasteiger partial charge in [-0.15, -0.1) is 0 Å². The fourth-order valence-electron chi connectivity index (χ4n) is 3.36. The number of amides is 1. The van der Waals surface area contributed by atoms with Gasteiger partial charge in [-0.05, 0) is 36.8 Å². The van der Waals surface area contributed by atoms with Crippen LogP contribution in [0, 0.1) is 17.1 Å². The van der Waals surface area contributed by atoms with E-state index in [-0.39, 0.29) is 18.3 Å². The molecule has 0 saturated carbocycles. The van der Waals surface area contributed by atoms with Crippen LogP contribution in [0.2, 0.25) is 0 Å². The van der Waals surface area contributed by atoms with Gasteiger partial charge in [-0.25, -0.2) is 9.18 Å². The number of dihydropyridines is 1. The number of benzene rings is 2. The predicted molar refractivity (Wildman–Crippen MR) is 126 cm³/mol. The van der Waals surface area contributed by atoms with E-state index in [9.17, 15) is 19.2 Å². The molecule has 6 nitrogen and oxygen atoms in total. The minimum absolute atomic E-state index is 0.00984. The number of halogens is 1. The van der Waals surface area contributed by atoms with E-state index in [4.69, 9.17) is 4.74 Å². The fourth-order valence-corrected chi connectivity index (χ4v) is 4.25. The van der Waals surface area contributed by atoms with Crippen molar-refractivity contribution < 1.29 is 18.7 Å². The number of hydrogen-bond donors (Lipinski definition) is 2. The number of anilines is 1. The average Bonchev–Trinajstić information content (AvgIpc) is 2.82. The number of thioether (sulfide) groups is 1. The second kappa shape index (κ2) is 11.2. The third-order valence-corrected chi connectivity index (χ3v) is 5.83. The van der Waals surface area contributed by atoms with Crippen molar-refractivity contribution in [3.8, 4) is 6.07 Å². The van der Waals surface area contributed by atoms with Crippen LogP contribution in [0.3, 0.4) is 0 Å². The molecule has 0 bridgehead atoms. The quantitative estimate of drug-likeness (QED) is 0.438. The summed E-state index contributed by atoms with van der Waals surface area (Å²) in [6.45, 7) is 5.34. The van der Waals surface area contributed by atoms with Gasteiger partial charge in [0.25, 0.3) is 0 Å². The van der Waals surface area contributed by atoms with Crippen LogP contribution < -0.4 is 10.6 Å². The summed E-state index contributed by atoms with van der Waals surface area (Å²) in [5, 5.41) is 16.3. The molecule has 0 aliphatic carbocycles. The Morgan fingerprint density at radius 1 is 1.24 bits per heavy atom. The molecule has 0 spiro atoms. The number of hydrogen-bond acceptors (Lipinski definition) is 6. The molecule has 0 saturated heterocycles. The lowest BCUT2D eigenvalue weighted by Crippen LogP contribution is -2.29. The number of carbonyl (C=O) groups excluding carboxylic acids is 2. The molecule has 1 heterocycles. The molecule has 1 aliphatic rings. The topological polar surface area (TPSA) is 91.2 Å². The minimum Gasteiger partial charge on any atom is -0.458 e. The molecule has 8 heteroatoms. The molecule has 168 valence electrons. The van der Waals surface area contributed by atoms with Crippen molar-refractivity contribution in [2.45, 2.75) is 12.8 Å². The van der Waals surface area contributed by atoms with Crippen LogP contribution in [0.15, 0.2) is 89.1 Å². The molecule has 1 amide bonds. The summed E-state index contributed by atoms with van der Waals surface area (Å²) in [6, 6.07) is 16.8. The Kier molecular flexibility index (Phi) is 8.06. The van der Waals surface area contributed by atoms with Gasteiger partial charge in [0.2, 0.25) is 5.91 Å². The molecule has 0 fully saturated rings. The Bertz CT molecular complexity index is 1150.